The quantitative estimate of drug-likeness (QED) is 0.256. The Labute approximate surface area is 199 Å². The van der Waals surface area contributed by atoms with Crippen LogP contribution in [-0.4, -0.2) is 54.1 Å². The standard InChI is InChI=1S/C24H31N9O/c1-16-5-7-20(25)9-18(16)11-33-15-23(28-30-33)24(34)26-21-8-6-17(2)19(10-21)12-32-14-22(27-29-32)13-31(3)4/h5-10,14-15,24,26,34H,11-13,25H2,1-4H3. The second-order valence-corrected chi connectivity index (χ2v) is 8.86. The summed E-state index contributed by atoms with van der Waals surface area (Å²) in [6.07, 6.45) is 2.69. The van der Waals surface area contributed by atoms with Crippen molar-refractivity contribution in [1.82, 2.24) is 34.9 Å². The molecule has 2 heterocycles. The van der Waals surface area contributed by atoms with Gasteiger partial charge in [0.2, 0.25) is 0 Å². The van der Waals surface area contributed by atoms with Gasteiger partial charge >= 0.3 is 0 Å². The van der Waals surface area contributed by atoms with Crippen molar-refractivity contribution >= 4 is 11.4 Å². The first-order chi connectivity index (χ1) is 16.3. The monoisotopic (exact) mass is 461 g/mol. The summed E-state index contributed by atoms with van der Waals surface area (Å²) in [5, 5.41) is 30.6. The molecule has 0 aliphatic carbocycles. The number of nitrogens with two attached hydrogens (primary N) is 1. The minimum atomic E-state index is -0.996. The van der Waals surface area contributed by atoms with Crippen molar-refractivity contribution in [3.63, 3.8) is 0 Å². The minimum Gasteiger partial charge on any atom is -0.399 e. The molecule has 2 aromatic carbocycles. The van der Waals surface area contributed by atoms with Crippen molar-refractivity contribution in [1.29, 1.82) is 0 Å². The largest absolute Gasteiger partial charge is 0.399 e. The average molecular weight is 462 g/mol. The molecule has 0 radical (unpaired) electrons. The third-order valence-electron chi connectivity index (χ3n) is 5.59. The summed E-state index contributed by atoms with van der Waals surface area (Å²) in [4.78, 5) is 2.05. The molecule has 4 N–H and O–H groups in total. The van der Waals surface area contributed by atoms with Crippen molar-refractivity contribution in [3.05, 3.63) is 82.4 Å². The maximum Gasteiger partial charge on any atom is 0.171 e. The Morgan fingerprint density at radius 3 is 2.32 bits per heavy atom. The van der Waals surface area contributed by atoms with Gasteiger partial charge in [-0.3, -0.25) is 0 Å². The zero-order valence-electron chi connectivity index (χ0n) is 20.0. The summed E-state index contributed by atoms with van der Waals surface area (Å²) in [7, 11) is 4.00. The van der Waals surface area contributed by atoms with Crippen LogP contribution in [0.1, 0.15) is 39.9 Å². The normalized spacial score (nSPS) is 12.3. The molecule has 4 aromatic rings. The summed E-state index contributed by atoms with van der Waals surface area (Å²) in [5.74, 6) is 0. The van der Waals surface area contributed by atoms with E-state index in [0.29, 0.717) is 24.5 Å². The van der Waals surface area contributed by atoms with E-state index in [-0.39, 0.29) is 0 Å². The lowest BCUT2D eigenvalue weighted by Crippen LogP contribution is -2.11. The lowest BCUT2D eigenvalue weighted by Gasteiger charge is -2.14. The highest BCUT2D eigenvalue weighted by atomic mass is 16.3. The highest BCUT2D eigenvalue weighted by Gasteiger charge is 2.14. The second-order valence-electron chi connectivity index (χ2n) is 8.86. The molecule has 2 aromatic heterocycles. The van der Waals surface area contributed by atoms with Crippen molar-refractivity contribution in [2.45, 2.75) is 39.7 Å². The number of nitrogen functional groups attached to an aromatic ring is 1. The van der Waals surface area contributed by atoms with Crippen LogP contribution in [0.25, 0.3) is 0 Å². The fraction of sp³-hybridized carbons (Fsp3) is 0.333. The molecule has 0 fully saturated rings. The average Bonchev–Trinajstić information content (AvgIpc) is 3.42. The van der Waals surface area contributed by atoms with E-state index in [1.807, 2.05) is 68.3 Å². The van der Waals surface area contributed by atoms with Crippen LogP contribution in [0.2, 0.25) is 0 Å². The van der Waals surface area contributed by atoms with E-state index >= 15 is 0 Å². The maximum atomic E-state index is 10.7. The van der Waals surface area contributed by atoms with E-state index in [2.05, 4.69) is 37.8 Å². The van der Waals surface area contributed by atoms with E-state index in [0.717, 1.165) is 40.2 Å². The Balaban J connectivity index is 1.43. The number of rotatable bonds is 9. The zero-order chi connectivity index (χ0) is 24.2. The maximum absolute atomic E-state index is 10.7. The number of hydrogen-bond acceptors (Lipinski definition) is 8. The number of aryl methyl sites for hydroxylation is 2. The molecule has 0 amide bonds. The van der Waals surface area contributed by atoms with Crippen molar-refractivity contribution in [3.8, 4) is 0 Å². The zero-order valence-corrected chi connectivity index (χ0v) is 20.0. The number of anilines is 2. The molecule has 4 rings (SSSR count). The first-order valence-electron chi connectivity index (χ1n) is 11.1. The molecule has 0 saturated carbocycles. The van der Waals surface area contributed by atoms with Gasteiger partial charge in [-0.05, 0) is 74.5 Å². The lowest BCUT2D eigenvalue weighted by molar-refractivity contribution is 0.203. The SMILES string of the molecule is Cc1ccc(NC(O)c2cn(Cc3cc(N)ccc3C)nn2)cc1Cn1cc(CN(C)C)nn1. The molecule has 0 aliphatic rings. The van der Waals surface area contributed by atoms with Gasteiger partial charge in [-0.25, -0.2) is 9.36 Å². The van der Waals surface area contributed by atoms with Gasteiger partial charge in [-0.2, -0.15) is 0 Å². The third kappa shape index (κ3) is 5.77. The molecule has 10 heteroatoms. The molecule has 10 nitrogen and oxygen atoms in total. The number of aromatic nitrogens is 6. The number of nitrogens with one attached hydrogen (secondary N) is 1. The van der Waals surface area contributed by atoms with E-state index in [9.17, 15) is 5.11 Å². The topological polar surface area (TPSA) is 123 Å². The van der Waals surface area contributed by atoms with E-state index in [1.165, 1.54) is 0 Å². The van der Waals surface area contributed by atoms with E-state index in [1.54, 1.807) is 10.9 Å². The summed E-state index contributed by atoms with van der Waals surface area (Å²) in [6, 6.07) is 11.7. The molecule has 34 heavy (non-hydrogen) atoms. The van der Waals surface area contributed by atoms with Gasteiger partial charge in [0, 0.05) is 17.9 Å². The van der Waals surface area contributed by atoms with Gasteiger partial charge in [-0.1, -0.05) is 22.6 Å². The Morgan fingerprint density at radius 1 is 0.941 bits per heavy atom. The summed E-state index contributed by atoms with van der Waals surface area (Å²) >= 11 is 0. The highest BCUT2D eigenvalue weighted by molar-refractivity contribution is 5.49. The van der Waals surface area contributed by atoms with Crippen LogP contribution in [0.15, 0.2) is 48.8 Å². The van der Waals surface area contributed by atoms with Gasteiger partial charge in [-0.15, -0.1) is 10.2 Å². The molecule has 0 saturated heterocycles. The fourth-order valence-electron chi connectivity index (χ4n) is 3.70. The fourth-order valence-corrected chi connectivity index (χ4v) is 3.70. The summed E-state index contributed by atoms with van der Waals surface area (Å²) in [6.45, 7) is 5.94. The first-order valence-corrected chi connectivity index (χ1v) is 11.1. The molecule has 0 spiro atoms. The smallest absolute Gasteiger partial charge is 0.171 e. The van der Waals surface area contributed by atoms with Crippen molar-refractivity contribution in [2.24, 2.45) is 0 Å². The van der Waals surface area contributed by atoms with Crippen LogP contribution in [0, 0.1) is 13.8 Å². The Hall–Kier alpha value is -3.76. The lowest BCUT2D eigenvalue weighted by atomic mass is 10.1. The minimum absolute atomic E-state index is 0.438. The van der Waals surface area contributed by atoms with E-state index < -0.39 is 6.23 Å². The van der Waals surface area contributed by atoms with Gasteiger partial charge in [0.15, 0.2) is 6.23 Å². The van der Waals surface area contributed by atoms with Crippen LogP contribution in [0.4, 0.5) is 11.4 Å². The third-order valence-corrected chi connectivity index (χ3v) is 5.59. The van der Waals surface area contributed by atoms with Crippen LogP contribution in [-0.2, 0) is 19.6 Å². The van der Waals surface area contributed by atoms with Gasteiger partial charge in [0.25, 0.3) is 0 Å². The summed E-state index contributed by atoms with van der Waals surface area (Å²) in [5.41, 5.74) is 13.1. The van der Waals surface area contributed by atoms with Crippen molar-refractivity contribution < 1.29 is 5.11 Å². The Morgan fingerprint density at radius 2 is 1.59 bits per heavy atom. The van der Waals surface area contributed by atoms with Crippen LogP contribution < -0.4 is 11.1 Å². The molecule has 178 valence electrons. The molecule has 0 bridgehead atoms. The number of hydrogen-bond donors (Lipinski definition) is 3. The van der Waals surface area contributed by atoms with Gasteiger partial charge in [0.05, 0.1) is 31.2 Å². The van der Waals surface area contributed by atoms with Crippen LogP contribution in [0.3, 0.4) is 0 Å². The second kappa shape index (κ2) is 10.0. The summed E-state index contributed by atoms with van der Waals surface area (Å²) < 4.78 is 3.52. The van der Waals surface area contributed by atoms with E-state index in [4.69, 9.17) is 5.73 Å². The molecular formula is C24H31N9O. The predicted molar refractivity (Wildman–Crippen MR) is 131 cm³/mol. The Kier molecular flexibility index (Phi) is 6.90. The number of benzene rings is 2. The molecule has 1 atom stereocenters. The first kappa shape index (κ1) is 23.4. The molecule has 0 aliphatic heterocycles. The Bertz CT molecular complexity index is 1260. The van der Waals surface area contributed by atoms with Crippen LogP contribution in [0.5, 0.6) is 0 Å². The molecule has 1 unspecified atom stereocenters. The number of aliphatic hydroxyl groups is 1. The van der Waals surface area contributed by atoms with Gasteiger partial charge < -0.3 is 21.1 Å². The number of nitrogens with zero attached hydrogens (tertiary/aromatic N) is 7. The van der Waals surface area contributed by atoms with Crippen LogP contribution >= 0.6 is 0 Å². The number of aliphatic hydroxyl groups excluding tert-OH is 1. The molecular weight excluding hydrogens is 430 g/mol. The van der Waals surface area contributed by atoms with Crippen molar-refractivity contribution in [2.75, 3.05) is 25.1 Å². The predicted octanol–water partition coefficient (Wildman–Crippen LogP) is 2.33. The highest BCUT2D eigenvalue weighted by Crippen LogP contribution is 2.21. The van der Waals surface area contributed by atoms with Gasteiger partial charge in [0.1, 0.15) is 5.69 Å².